The predicted octanol–water partition coefficient (Wildman–Crippen LogP) is 1.77. The van der Waals surface area contributed by atoms with Gasteiger partial charge in [0.15, 0.2) is 4.96 Å². The average molecular weight is 195 g/mol. The highest BCUT2D eigenvalue weighted by atomic mass is 32.1. The Balaban J connectivity index is 2.55. The minimum Gasteiger partial charge on any atom is -0.330 e. The van der Waals surface area contributed by atoms with Crippen molar-refractivity contribution in [2.45, 2.75) is 19.8 Å². The number of fused-ring (bicyclic) bond motifs is 1. The van der Waals surface area contributed by atoms with Gasteiger partial charge in [-0.3, -0.25) is 4.40 Å². The van der Waals surface area contributed by atoms with Gasteiger partial charge in [-0.15, -0.1) is 11.3 Å². The lowest BCUT2D eigenvalue weighted by Crippen LogP contribution is -2.10. The van der Waals surface area contributed by atoms with E-state index in [4.69, 9.17) is 5.73 Å². The molecule has 0 aliphatic carbocycles. The fourth-order valence-corrected chi connectivity index (χ4v) is 2.43. The van der Waals surface area contributed by atoms with Crippen LogP contribution in [0.1, 0.15) is 24.2 Å². The highest BCUT2D eigenvalue weighted by Crippen LogP contribution is 2.22. The van der Waals surface area contributed by atoms with Crippen LogP contribution >= 0.6 is 11.3 Å². The molecule has 0 fully saturated rings. The lowest BCUT2D eigenvalue weighted by molar-refractivity contribution is 0.738. The number of imidazole rings is 1. The SMILES string of the molecule is Cc1cn2c(C(C)CN)csc2n1. The fraction of sp³-hybridized carbons (Fsp3) is 0.444. The molecular weight excluding hydrogens is 182 g/mol. The van der Waals surface area contributed by atoms with Crippen molar-refractivity contribution in [1.82, 2.24) is 9.38 Å². The van der Waals surface area contributed by atoms with Crippen LogP contribution in [0.5, 0.6) is 0 Å². The zero-order valence-electron chi connectivity index (χ0n) is 7.82. The number of nitrogens with zero attached hydrogens (tertiary/aromatic N) is 2. The summed E-state index contributed by atoms with van der Waals surface area (Å²) in [4.78, 5) is 5.45. The molecule has 1 atom stereocenters. The van der Waals surface area contributed by atoms with Crippen molar-refractivity contribution in [3.8, 4) is 0 Å². The van der Waals surface area contributed by atoms with Crippen LogP contribution in [-0.4, -0.2) is 15.9 Å². The first-order valence-electron chi connectivity index (χ1n) is 4.35. The highest BCUT2D eigenvalue weighted by molar-refractivity contribution is 7.15. The van der Waals surface area contributed by atoms with Crippen molar-refractivity contribution >= 4 is 16.3 Å². The van der Waals surface area contributed by atoms with Gasteiger partial charge in [-0.25, -0.2) is 4.98 Å². The maximum atomic E-state index is 5.63. The largest absolute Gasteiger partial charge is 0.330 e. The van der Waals surface area contributed by atoms with Crippen LogP contribution in [0, 0.1) is 6.92 Å². The summed E-state index contributed by atoms with van der Waals surface area (Å²) in [6.45, 7) is 4.83. The molecule has 0 radical (unpaired) electrons. The summed E-state index contributed by atoms with van der Waals surface area (Å²) < 4.78 is 2.14. The first-order valence-corrected chi connectivity index (χ1v) is 5.23. The van der Waals surface area contributed by atoms with Crippen molar-refractivity contribution in [2.75, 3.05) is 6.54 Å². The first-order chi connectivity index (χ1) is 6.22. The second-order valence-electron chi connectivity index (χ2n) is 3.33. The van der Waals surface area contributed by atoms with E-state index in [1.807, 2.05) is 6.92 Å². The Hall–Kier alpha value is -0.870. The van der Waals surface area contributed by atoms with E-state index in [2.05, 4.69) is 27.9 Å². The summed E-state index contributed by atoms with van der Waals surface area (Å²) in [7, 11) is 0. The van der Waals surface area contributed by atoms with E-state index >= 15 is 0 Å². The molecule has 0 amide bonds. The van der Waals surface area contributed by atoms with Gasteiger partial charge in [0.25, 0.3) is 0 Å². The Kier molecular flexibility index (Phi) is 2.09. The Labute approximate surface area is 81.2 Å². The lowest BCUT2D eigenvalue weighted by Gasteiger charge is -2.05. The van der Waals surface area contributed by atoms with E-state index in [-0.39, 0.29) is 0 Å². The molecule has 2 aromatic rings. The molecule has 0 spiro atoms. The van der Waals surface area contributed by atoms with Gasteiger partial charge < -0.3 is 5.73 Å². The summed E-state index contributed by atoms with van der Waals surface area (Å²) in [6, 6.07) is 0. The van der Waals surface area contributed by atoms with E-state index < -0.39 is 0 Å². The monoisotopic (exact) mass is 195 g/mol. The predicted molar refractivity (Wildman–Crippen MR) is 55.3 cm³/mol. The summed E-state index contributed by atoms with van der Waals surface area (Å²) in [5.74, 6) is 0.405. The number of nitrogens with two attached hydrogens (primary N) is 1. The molecule has 0 bridgehead atoms. The number of thiazole rings is 1. The number of rotatable bonds is 2. The maximum Gasteiger partial charge on any atom is 0.194 e. The van der Waals surface area contributed by atoms with Crippen LogP contribution in [-0.2, 0) is 0 Å². The third kappa shape index (κ3) is 1.36. The molecule has 2 N–H and O–H groups in total. The molecule has 70 valence electrons. The van der Waals surface area contributed by atoms with Crippen LogP contribution < -0.4 is 5.73 Å². The van der Waals surface area contributed by atoms with E-state index in [1.54, 1.807) is 11.3 Å². The zero-order chi connectivity index (χ0) is 9.42. The third-order valence-electron chi connectivity index (χ3n) is 2.22. The molecule has 2 aromatic heterocycles. The van der Waals surface area contributed by atoms with Crippen LogP contribution in [0.25, 0.3) is 4.96 Å². The van der Waals surface area contributed by atoms with Crippen molar-refractivity contribution in [3.63, 3.8) is 0 Å². The summed E-state index contributed by atoms with van der Waals surface area (Å²) in [5.41, 5.74) is 7.97. The van der Waals surface area contributed by atoms with E-state index in [0.29, 0.717) is 12.5 Å². The molecule has 2 rings (SSSR count). The van der Waals surface area contributed by atoms with Crippen molar-refractivity contribution < 1.29 is 0 Å². The van der Waals surface area contributed by atoms with Gasteiger partial charge in [0.05, 0.1) is 5.69 Å². The van der Waals surface area contributed by atoms with Crippen molar-refractivity contribution in [1.29, 1.82) is 0 Å². The third-order valence-corrected chi connectivity index (χ3v) is 3.07. The molecule has 0 saturated carbocycles. The highest BCUT2D eigenvalue weighted by Gasteiger charge is 2.10. The number of aromatic nitrogens is 2. The minimum absolute atomic E-state index is 0.405. The summed E-state index contributed by atoms with van der Waals surface area (Å²) in [5, 5.41) is 2.14. The molecular formula is C9H13N3S. The molecule has 0 saturated heterocycles. The lowest BCUT2D eigenvalue weighted by atomic mass is 10.1. The van der Waals surface area contributed by atoms with Gasteiger partial charge in [0.1, 0.15) is 0 Å². The molecule has 4 heteroatoms. The van der Waals surface area contributed by atoms with Gasteiger partial charge in [-0.05, 0) is 6.92 Å². The van der Waals surface area contributed by atoms with E-state index in [0.717, 1.165) is 10.7 Å². The molecule has 13 heavy (non-hydrogen) atoms. The Morgan fingerprint density at radius 3 is 3.15 bits per heavy atom. The average Bonchev–Trinajstić information content (AvgIpc) is 2.61. The minimum atomic E-state index is 0.405. The van der Waals surface area contributed by atoms with Crippen LogP contribution in [0.15, 0.2) is 11.6 Å². The molecule has 3 nitrogen and oxygen atoms in total. The molecule has 2 heterocycles. The first kappa shape index (κ1) is 8.72. The number of aryl methyl sites for hydroxylation is 1. The molecule has 1 unspecified atom stereocenters. The van der Waals surface area contributed by atoms with Gasteiger partial charge in [0.2, 0.25) is 0 Å². The standard InChI is InChI=1S/C9H13N3S/c1-6(3-10)8-5-13-9-11-7(2)4-12(8)9/h4-6H,3,10H2,1-2H3. The molecule has 0 aliphatic rings. The van der Waals surface area contributed by atoms with Crippen LogP contribution in [0.4, 0.5) is 0 Å². The molecule has 0 aromatic carbocycles. The summed E-state index contributed by atoms with van der Waals surface area (Å²) >= 11 is 1.67. The van der Waals surface area contributed by atoms with E-state index in [9.17, 15) is 0 Å². The van der Waals surface area contributed by atoms with Gasteiger partial charge in [-0.2, -0.15) is 0 Å². The molecule has 0 aliphatic heterocycles. The van der Waals surface area contributed by atoms with Crippen LogP contribution in [0.2, 0.25) is 0 Å². The second kappa shape index (κ2) is 3.12. The fourth-order valence-electron chi connectivity index (χ4n) is 1.39. The summed E-state index contributed by atoms with van der Waals surface area (Å²) in [6.07, 6.45) is 2.06. The number of hydrogen-bond acceptors (Lipinski definition) is 3. The smallest absolute Gasteiger partial charge is 0.194 e. The zero-order valence-corrected chi connectivity index (χ0v) is 8.64. The van der Waals surface area contributed by atoms with Crippen molar-refractivity contribution in [2.24, 2.45) is 5.73 Å². The maximum absolute atomic E-state index is 5.63. The quantitative estimate of drug-likeness (QED) is 0.793. The normalized spacial score (nSPS) is 13.8. The second-order valence-corrected chi connectivity index (χ2v) is 4.17. The van der Waals surface area contributed by atoms with Crippen molar-refractivity contribution in [3.05, 3.63) is 23.0 Å². The number of hydrogen-bond donors (Lipinski definition) is 1. The Morgan fingerprint density at radius 1 is 1.69 bits per heavy atom. The van der Waals surface area contributed by atoms with Crippen LogP contribution in [0.3, 0.4) is 0 Å². The van der Waals surface area contributed by atoms with E-state index in [1.165, 1.54) is 5.69 Å². The Bertz CT molecular complexity index is 415. The van der Waals surface area contributed by atoms with Gasteiger partial charge >= 0.3 is 0 Å². The van der Waals surface area contributed by atoms with Gasteiger partial charge in [0, 0.05) is 29.7 Å². The Morgan fingerprint density at radius 2 is 2.46 bits per heavy atom. The topological polar surface area (TPSA) is 43.3 Å². The van der Waals surface area contributed by atoms with Gasteiger partial charge in [-0.1, -0.05) is 6.92 Å².